The molecule has 0 spiro atoms. The summed E-state index contributed by atoms with van der Waals surface area (Å²) in [4.78, 5) is 26.5. The highest BCUT2D eigenvalue weighted by molar-refractivity contribution is 5.75. The monoisotopic (exact) mass is 255 g/mol. The molecule has 2 saturated heterocycles. The smallest absolute Gasteiger partial charge is 0.320 e. The van der Waals surface area contributed by atoms with Crippen LogP contribution in [0.2, 0.25) is 0 Å². The van der Waals surface area contributed by atoms with Crippen molar-refractivity contribution in [2.24, 2.45) is 17.6 Å². The average molecular weight is 255 g/mol. The van der Waals surface area contributed by atoms with E-state index in [-0.39, 0.29) is 18.4 Å². The van der Waals surface area contributed by atoms with Gasteiger partial charge in [-0.25, -0.2) is 4.79 Å². The van der Waals surface area contributed by atoms with Gasteiger partial charge in [0.05, 0.1) is 0 Å². The maximum atomic E-state index is 12.2. The summed E-state index contributed by atoms with van der Waals surface area (Å²) in [7, 11) is 0. The van der Waals surface area contributed by atoms with E-state index in [4.69, 9.17) is 10.8 Å². The van der Waals surface area contributed by atoms with Crippen molar-refractivity contribution < 1.29 is 14.7 Å². The Morgan fingerprint density at radius 3 is 2.17 bits per heavy atom. The summed E-state index contributed by atoms with van der Waals surface area (Å²) in [6, 6.07) is 0.0545. The molecular formula is C12H21N3O3. The second-order valence-electron chi connectivity index (χ2n) is 5.32. The number of hydrogen-bond acceptors (Lipinski definition) is 3. The first-order valence-corrected chi connectivity index (χ1v) is 6.56. The number of carboxylic acid groups (broad SMARTS) is 1. The summed E-state index contributed by atoms with van der Waals surface area (Å²) >= 11 is 0. The molecule has 0 bridgehead atoms. The minimum atomic E-state index is -0.779. The Morgan fingerprint density at radius 2 is 1.67 bits per heavy atom. The van der Waals surface area contributed by atoms with Crippen LogP contribution in [0.15, 0.2) is 0 Å². The molecule has 0 aliphatic carbocycles. The molecule has 18 heavy (non-hydrogen) atoms. The first-order valence-electron chi connectivity index (χ1n) is 6.56. The topological polar surface area (TPSA) is 86.9 Å². The standard InChI is InChI=1S/C12H21N3O3/c13-6-10-2-4-15(8-10)12(18)14-3-1-9(7-14)5-11(16)17/h9-10H,1-8,13H2,(H,16,17). The molecule has 2 amide bonds. The number of carbonyl (C=O) groups excluding carboxylic acids is 1. The van der Waals surface area contributed by atoms with E-state index in [0.717, 1.165) is 25.9 Å². The molecule has 2 fully saturated rings. The Balaban J connectivity index is 1.82. The van der Waals surface area contributed by atoms with Gasteiger partial charge in [-0.15, -0.1) is 0 Å². The minimum absolute atomic E-state index is 0.0545. The number of nitrogens with two attached hydrogens (primary N) is 1. The van der Waals surface area contributed by atoms with E-state index < -0.39 is 5.97 Å². The van der Waals surface area contributed by atoms with Crippen molar-refractivity contribution in [3.05, 3.63) is 0 Å². The zero-order valence-corrected chi connectivity index (χ0v) is 10.5. The number of nitrogens with zero attached hydrogens (tertiary/aromatic N) is 2. The molecule has 2 atom stereocenters. The Morgan fingerprint density at radius 1 is 1.11 bits per heavy atom. The summed E-state index contributed by atoms with van der Waals surface area (Å²) in [6.45, 7) is 3.41. The van der Waals surface area contributed by atoms with E-state index in [2.05, 4.69) is 0 Å². The maximum Gasteiger partial charge on any atom is 0.320 e. The number of rotatable bonds is 3. The Kier molecular flexibility index (Phi) is 4.06. The van der Waals surface area contributed by atoms with Gasteiger partial charge in [-0.3, -0.25) is 4.79 Å². The zero-order valence-electron chi connectivity index (χ0n) is 10.5. The lowest BCUT2D eigenvalue weighted by atomic mass is 10.1. The van der Waals surface area contributed by atoms with E-state index in [0.29, 0.717) is 25.6 Å². The highest BCUT2D eigenvalue weighted by atomic mass is 16.4. The lowest BCUT2D eigenvalue weighted by Crippen LogP contribution is -2.41. The van der Waals surface area contributed by atoms with Gasteiger partial charge < -0.3 is 20.6 Å². The average Bonchev–Trinajstić information content (AvgIpc) is 2.95. The number of carbonyl (C=O) groups is 2. The van der Waals surface area contributed by atoms with Gasteiger partial charge in [-0.2, -0.15) is 0 Å². The maximum absolute atomic E-state index is 12.2. The van der Waals surface area contributed by atoms with Gasteiger partial charge in [0.1, 0.15) is 0 Å². The number of carboxylic acids is 1. The van der Waals surface area contributed by atoms with Gasteiger partial charge in [0.2, 0.25) is 0 Å². The number of urea groups is 1. The SMILES string of the molecule is NCC1CCN(C(=O)N2CCC(CC(=O)O)C2)C1. The third-order valence-corrected chi connectivity index (χ3v) is 3.91. The van der Waals surface area contributed by atoms with Crippen LogP contribution in [-0.4, -0.2) is 59.6 Å². The largest absolute Gasteiger partial charge is 0.481 e. The Labute approximate surface area is 107 Å². The number of hydrogen-bond donors (Lipinski definition) is 2. The normalized spacial score (nSPS) is 27.8. The third-order valence-electron chi connectivity index (χ3n) is 3.91. The summed E-state index contributed by atoms with van der Waals surface area (Å²) in [5, 5.41) is 8.75. The molecule has 2 heterocycles. The highest BCUT2D eigenvalue weighted by Gasteiger charge is 2.33. The summed E-state index contributed by atoms with van der Waals surface area (Å²) in [5.41, 5.74) is 5.61. The first kappa shape index (κ1) is 13.1. The van der Waals surface area contributed by atoms with Crippen LogP contribution in [0.4, 0.5) is 4.79 Å². The van der Waals surface area contributed by atoms with Crippen LogP contribution >= 0.6 is 0 Å². The fourth-order valence-electron chi connectivity index (χ4n) is 2.82. The second kappa shape index (κ2) is 5.56. The van der Waals surface area contributed by atoms with Gasteiger partial charge in [0, 0.05) is 32.6 Å². The zero-order chi connectivity index (χ0) is 13.1. The van der Waals surface area contributed by atoms with E-state index >= 15 is 0 Å². The van der Waals surface area contributed by atoms with Crippen LogP contribution in [0.5, 0.6) is 0 Å². The fourth-order valence-corrected chi connectivity index (χ4v) is 2.82. The van der Waals surface area contributed by atoms with Crippen molar-refractivity contribution in [2.75, 3.05) is 32.7 Å². The molecule has 0 aromatic heterocycles. The van der Waals surface area contributed by atoms with Crippen LogP contribution in [0, 0.1) is 11.8 Å². The van der Waals surface area contributed by atoms with Crippen molar-refractivity contribution in [3.63, 3.8) is 0 Å². The quantitative estimate of drug-likeness (QED) is 0.753. The van der Waals surface area contributed by atoms with E-state index in [9.17, 15) is 9.59 Å². The molecule has 0 aromatic carbocycles. The van der Waals surface area contributed by atoms with Gasteiger partial charge in [-0.05, 0) is 31.2 Å². The Bertz CT molecular complexity index is 335. The van der Waals surface area contributed by atoms with Crippen LogP contribution in [0.3, 0.4) is 0 Å². The van der Waals surface area contributed by atoms with Crippen molar-refractivity contribution in [1.82, 2.24) is 9.80 Å². The predicted octanol–water partition coefficient (Wildman–Crippen LogP) is 0.184. The van der Waals surface area contributed by atoms with Crippen LogP contribution < -0.4 is 5.73 Å². The molecule has 6 heteroatoms. The first-order chi connectivity index (χ1) is 8.60. The van der Waals surface area contributed by atoms with Crippen LogP contribution in [0.25, 0.3) is 0 Å². The van der Waals surface area contributed by atoms with Crippen molar-refractivity contribution >= 4 is 12.0 Å². The summed E-state index contributed by atoms with van der Waals surface area (Å²) < 4.78 is 0. The predicted molar refractivity (Wildman–Crippen MR) is 66.1 cm³/mol. The van der Waals surface area contributed by atoms with E-state index in [1.807, 2.05) is 4.90 Å². The molecule has 3 N–H and O–H groups in total. The molecule has 2 unspecified atom stereocenters. The molecular weight excluding hydrogens is 234 g/mol. The summed E-state index contributed by atoms with van der Waals surface area (Å²) in [5.74, 6) is -0.246. The molecule has 2 rings (SSSR count). The molecule has 102 valence electrons. The molecule has 0 radical (unpaired) electrons. The highest BCUT2D eigenvalue weighted by Crippen LogP contribution is 2.23. The molecule has 0 aromatic rings. The molecule has 6 nitrogen and oxygen atoms in total. The van der Waals surface area contributed by atoms with Crippen molar-refractivity contribution in [3.8, 4) is 0 Å². The number of amides is 2. The van der Waals surface area contributed by atoms with Crippen LogP contribution in [0.1, 0.15) is 19.3 Å². The van der Waals surface area contributed by atoms with Crippen molar-refractivity contribution in [1.29, 1.82) is 0 Å². The lowest BCUT2D eigenvalue weighted by Gasteiger charge is -2.24. The summed E-state index contributed by atoms with van der Waals surface area (Å²) in [6.07, 6.45) is 1.94. The minimum Gasteiger partial charge on any atom is -0.481 e. The van der Waals surface area contributed by atoms with Gasteiger partial charge >= 0.3 is 12.0 Å². The fraction of sp³-hybridized carbons (Fsp3) is 0.833. The van der Waals surface area contributed by atoms with Crippen molar-refractivity contribution in [2.45, 2.75) is 19.3 Å². The second-order valence-corrected chi connectivity index (χ2v) is 5.32. The molecule has 2 aliphatic heterocycles. The van der Waals surface area contributed by atoms with E-state index in [1.54, 1.807) is 4.90 Å². The Hall–Kier alpha value is -1.30. The molecule has 2 aliphatic rings. The van der Waals surface area contributed by atoms with Crippen LogP contribution in [-0.2, 0) is 4.79 Å². The molecule has 0 saturated carbocycles. The number of aliphatic carboxylic acids is 1. The lowest BCUT2D eigenvalue weighted by molar-refractivity contribution is -0.138. The number of likely N-dealkylation sites (tertiary alicyclic amines) is 2. The van der Waals surface area contributed by atoms with Gasteiger partial charge in [-0.1, -0.05) is 0 Å². The third kappa shape index (κ3) is 2.93. The van der Waals surface area contributed by atoms with Gasteiger partial charge in [0.15, 0.2) is 0 Å². The van der Waals surface area contributed by atoms with E-state index in [1.165, 1.54) is 0 Å². The van der Waals surface area contributed by atoms with Gasteiger partial charge in [0.25, 0.3) is 0 Å².